The van der Waals surface area contributed by atoms with E-state index in [1.807, 2.05) is 6.08 Å². The van der Waals surface area contributed by atoms with Crippen LogP contribution in [-0.2, 0) is 0 Å². The first-order valence-electron chi connectivity index (χ1n) is 8.87. The molecule has 2 saturated carbocycles. The lowest BCUT2D eigenvalue weighted by atomic mass is 9.69. The molecule has 25 heavy (non-hydrogen) atoms. The standard InChI is InChI=1S/C20H23ClN4/c1-19(2)14-8-9-20(19,3)15(11-14)10-13-4-6-16(7-5-13)24-18-23-12-22-17(21)25-18/h4,6-7,12,14H,5,8-9,11H2,1-3H3,(H,22,23,24,25). The van der Waals surface area contributed by atoms with E-state index in [2.05, 4.69) is 58.9 Å². The van der Waals surface area contributed by atoms with Crippen LogP contribution in [-0.4, -0.2) is 15.0 Å². The van der Waals surface area contributed by atoms with Gasteiger partial charge in [0.05, 0.1) is 0 Å². The maximum Gasteiger partial charge on any atom is 0.231 e. The van der Waals surface area contributed by atoms with Gasteiger partial charge in [0.25, 0.3) is 0 Å². The van der Waals surface area contributed by atoms with Crippen LogP contribution in [0.25, 0.3) is 0 Å². The van der Waals surface area contributed by atoms with Crippen LogP contribution in [0.15, 0.2) is 47.1 Å². The monoisotopic (exact) mass is 354 g/mol. The Balaban J connectivity index is 1.53. The van der Waals surface area contributed by atoms with E-state index in [1.165, 1.54) is 36.7 Å². The predicted octanol–water partition coefficient (Wildman–Crippen LogP) is 5.08. The maximum absolute atomic E-state index is 5.79. The van der Waals surface area contributed by atoms with Crippen molar-refractivity contribution in [1.82, 2.24) is 15.0 Å². The van der Waals surface area contributed by atoms with Crippen LogP contribution in [0.1, 0.15) is 46.5 Å². The molecule has 3 aliphatic carbocycles. The molecule has 0 radical (unpaired) electrons. The highest BCUT2D eigenvalue weighted by atomic mass is 35.5. The Bertz CT molecular complexity index is 845. The Morgan fingerprint density at radius 3 is 2.68 bits per heavy atom. The molecule has 2 unspecified atom stereocenters. The number of halogens is 1. The van der Waals surface area contributed by atoms with Crippen LogP contribution >= 0.6 is 11.6 Å². The van der Waals surface area contributed by atoms with E-state index < -0.39 is 0 Å². The summed E-state index contributed by atoms with van der Waals surface area (Å²) >= 11 is 5.79. The molecule has 4 rings (SSSR count). The summed E-state index contributed by atoms with van der Waals surface area (Å²) in [6.07, 6.45) is 12.5. The lowest BCUT2D eigenvalue weighted by Gasteiger charge is -2.34. The molecule has 3 aliphatic rings. The maximum atomic E-state index is 5.79. The molecule has 130 valence electrons. The molecule has 2 atom stereocenters. The molecule has 0 amide bonds. The zero-order chi connectivity index (χ0) is 17.7. The first-order valence-corrected chi connectivity index (χ1v) is 9.25. The number of nitrogens with zero attached hydrogens (tertiary/aromatic N) is 3. The van der Waals surface area contributed by atoms with Crippen LogP contribution in [0, 0.1) is 16.7 Å². The van der Waals surface area contributed by atoms with Gasteiger partial charge >= 0.3 is 0 Å². The summed E-state index contributed by atoms with van der Waals surface area (Å²) in [5.41, 5.74) is 8.19. The quantitative estimate of drug-likeness (QED) is 0.752. The smallest absolute Gasteiger partial charge is 0.231 e. The second kappa shape index (κ2) is 5.82. The molecular weight excluding hydrogens is 332 g/mol. The fourth-order valence-electron chi connectivity index (χ4n) is 4.55. The molecular formula is C20H23ClN4. The van der Waals surface area contributed by atoms with E-state index in [0.717, 1.165) is 18.0 Å². The molecule has 0 spiro atoms. The fourth-order valence-corrected chi connectivity index (χ4v) is 4.67. The van der Waals surface area contributed by atoms with Crippen molar-refractivity contribution >= 4 is 17.5 Å². The summed E-state index contributed by atoms with van der Waals surface area (Å²) < 4.78 is 0. The van der Waals surface area contributed by atoms with Gasteiger partial charge in [-0.1, -0.05) is 26.8 Å². The van der Waals surface area contributed by atoms with Crippen molar-refractivity contribution in [3.8, 4) is 0 Å². The Hall–Kier alpha value is -1.90. The summed E-state index contributed by atoms with van der Waals surface area (Å²) in [5, 5.41) is 3.35. The molecule has 0 aliphatic heterocycles. The highest BCUT2D eigenvalue weighted by molar-refractivity contribution is 6.28. The first-order chi connectivity index (χ1) is 11.9. The van der Waals surface area contributed by atoms with Crippen molar-refractivity contribution in [1.29, 1.82) is 0 Å². The SMILES string of the molecule is CC12CCC(CC1=C=C1C=CC(Nc3ncnc(Cl)n3)=CC1)C2(C)C. The minimum Gasteiger partial charge on any atom is -0.324 e. The third-order valence-corrected chi connectivity index (χ3v) is 6.85. The molecule has 1 heterocycles. The minimum absolute atomic E-state index is 0.190. The lowest BCUT2D eigenvalue weighted by molar-refractivity contribution is 0.179. The fraction of sp³-hybridized carbons (Fsp3) is 0.500. The molecule has 1 N–H and O–H groups in total. The van der Waals surface area contributed by atoms with Crippen molar-refractivity contribution in [2.24, 2.45) is 16.7 Å². The minimum atomic E-state index is 0.190. The predicted molar refractivity (Wildman–Crippen MR) is 100 cm³/mol. The van der Waals surface area contributed by atoms with E-state index in [0.29, 0.717) is 16.8 Å². The number of fused-ring (bicyclic) bond motifs is 2. The molecule has 1 aromatic rings. The first kappa shape index (κ1) is 16.6. The van der Waals surface area contributed by atoms with Crippen LogP contribution < -0.4 is 5.32 Å². The van der Waals surface area contributed by atoms with Crippen LogP contribution in [0.2, 0.25) is 5.28 Å². The second-order valence-electron chi connectivity index (χ2n) is 8.02. The number of anilines is 1. The number of nitrogens with one attached hydrogen (secondary N) is 1. The van der Waals surface area contributed by atoms with Gasteiger partial charge in [-0.25, -0.2) is 9.97 Å². The number of hydrogen-bond acceptors (Lipinski definition) is 4. The molecule has 5 heteroatoms. The third-order valence-electron chi connectivity index (χ3n) is 6.67. The van der Waals surface area contributed by atoms with Gasteiger partial charge < -0.3 is 5.32 Å². The molecule has 0 aromatic carbocycles. The normalized spacial score (nSPS) is 29.6. The van der Waals surface area contributed by atoms with E-state index in [4.69, 9.17) is 11.6 Å². The highest BCUT2D eigenvalue weighted by Crippen LogP contribution is 2.67. The molecule has 2 bridgehead atoms. The average molecular weight is 355 g/mol. The average Bonchev–Trinajstić information content (AvgIpc) is 2.90. The van der Waals surface area contributed by atoms with Gasteiger partial charge in [0, 0.05) is 11.1 Å². The van der Waals surface area contributed by atoms with Gasteiger partial charge in [-0.2, -0.15) is 4.98 Å². The van der Waals surface area contributed by atoms with Gasteiger partial charge in [0.15, 0.2) is 0 Å². The largest absolute Gasteiger partial charge is 0.324 e. The Kier molecular flexibility index (Phi) is 3.86. The number of aromatic nitrogens is 3. The number of rotatable bonds is 2. The van der Waals surface area contributed by atoms with Crippen molar-refractivity contribution < 1.29 is 0 Å². The molecule has 2 fully saturated rings. The van der Waals surface area contributed by atoms with Crippen molar-refractivity contribution in [3.05, 3.63) is 52.4 Å². The summed E-state index contributed by atoms with van der Waals surface area (Å²) in [6, 6.07) is 0. The Morgan fingerprint density at radius 1 is 1.24 bits per heavy atom. The van der Waals surface area contributed by atoms with Crippen molar-refractivity contribution in [3.63, 3.8) is 0 Å². The lowest BCUT2D eigenvalue weighted by Crippen LogP contribution is -2.27. The highest BCUT2D eigenvalue weighted by Gasteiger charge is 2.58. The van der Waals surface area contributed by atoms with Gasteiger partial charge in [-0.05, 0) is 71.9 Å². The second-order valence-corrected chi connectivity index (χ2v) is 8.36. The van der Waals surface area contributed by atoms with E-state index in [9.17, 15) is 0 Å². The summed E-state index contributed by atoms with van der Waals surface area (Å²) in [4.78, 5) is 11.9. The zero-order valence-corrected chi connectivity index (χ0v) is 15.7. The summed E-state index contributed by atoms with van der Waals surface area (Å²) in [7, 11) is 0. The summed E-state index contributed by atoms with van der Waals surface area (Å²) in [5.74, 6) is 1.28. The van der Waals surface area contributed by atoms with E-state index >= 15 is 0 Å². The zero-order valence-electron chi connectivity index (χ0n) is 14.9. The van der Waals surface area contributed by atoms with Gasteiger partial charge in [-0.15, -0.1) is 5.73 Å². The third kappa shape index (κ3) is 2.74. The number of hydrogen-bond donors (Lipinski definition) is 1. The van der Waals surface area contributed by atoms with Crippen LogP contribution in [0.4, 0.5) is 5.95 Å². The molecule has 0 saturated heterocycles. The molecule has 1 aromatic heterocycles. The van der Waals surface area contributed by atoms with E-state index in [1.54, 1.807) is 0 Å². The van der Waals surface area contributed by atoms with Gasteiger partial charge in [0.2, 0.25) is 11.2 Å². The summed E-state index contributed by atoms with van der Waals surface area (Å²) in [6.45, 7) is 7.30. The van der Waals surface area contributed by atoms with Crippen LogP contribution in [0.5, 0.6) is 0 Å². The Morgan fingerprint density at radius 2 is 2.08 bits per heavy atom. The topological polar surface area (TPSA) is 50.7 Å². The van der Waals surface area contributed by atoms with Crippen molar-refractivity contribution in [2.75, 3.05) is 5.32 Å². The van der Waals surface area contributed by atoms with Crippen molar-refractivity contribution in [2.45, 2.75) is 46.5 Å². The van der Waals surface area contributed by atoms with Crippen LogP contribution in [0.3, 0.4) is 0 Å². The van der Waals surface area contributed by atoms with Gasteiger partial charge in [0.1, 0.15) is 6.33 Å². The Labute approximate surface area is 153 Å². The van der Waals surface area contributed by atoms with E-state index in [-0.39, 0.29) is 5.28 Å². The van der Waals surface area contributed by atoms with Gasteiger partial charge in [-0.3, -0.25) is 0 Å². The number of allylic oxidation sites excluding steroid dienone is 4. The molecule has 4 nitrogen and oxygen atoms in total.